The molecule has 2 amide bonds. The molecule has 204 valence electrons. The largest absolute Gasteiger partial charge is 0.354 e. The van der Waals surface area contributed by atoms with E-state index < -0.39 is 16.1 Å². The van der Waals surface area contributed by atoms with Gasteiger partial charge in [-0.15, -0.1) is 0 Å². The van der Waals surface area contributed by atoms with Gasteiger partial charge in [-0.25, -0.2) is 8.42 Å². The average molecular weight is 571 g/mol. The van der Waals surface area contributed by atoms with Gasteiger partial charge in [-0.3, -0.25) is 13.9 Å². The van der Waals surface area contributed by atoms with E-state index in [1.54, 1.807) is 37.3 Å². The Morgan fingerprint density at radius 1 is 0.973 bits per heavy atom. The minimum absolute atomic E-state index is 0.0716. The van der Waals surface area contributed by atoms with Crippen LogP contribution < -0.4 is 9.62 Å². The maximum Gasteiger partial charge on any atom is 0.242 e. The molecule has 1 N–H and O–H groups in total. The van der Waals surface area contributed by atoms with Gasteiger partial charge in [0.1, 0.15) is 6.04 Å². The summed E-state index contributed by atoms with van der Waals surface area (Å²) < 4.78 is 26.3. The lowest BCUT2D eigenvalue weighted by molar-refractivity contribution is -0.140. The molecule has 2 aromatic carbocycles. The van der Waals surface area contributed by atoms with Crippen molar-refractivity contribution in [2.45, 2.75) is 59.5 Å². The van der Waals surface area contributed by atoms with Crippen LogP contribution in [0.3, 0.4) is 0 Å². The highest BCUT2D eigenvalue weighted by Gasteiger charge is 2.27. The van der Waals surface area contributed by atoms with Crippen LogP contribution in [0.5, 0.6) is 0 Å². The second-order valence-corrected chi connectivity index (χ2v) is 12.3. The number of carbonyl (C=O) groups excluding carboxylic acids is 2. The molecular formula is C27H37Cl2N3O4S. The van der Waals surface area contributed by atoms with E-state index in [0.29, 0.717) is 28.7 Å². The zero-order chi connectivity index (χ0) is 27.8. The minimum Gasteiger partial charge on any atom is -0.354 e. The van der Waals surface area contributed by atoms with E-state index in [-0.39, 0.29) is 37.2 Å². The van der Waals surface area contributed by atoms with Crippen LogP contribution in [0.2, 0.25) is 10.0 Å². The summed E-state index contributed by atoms with van der Waals surface area (Å²) in [5.74, 6) is -0.243. The summed E-state index contributed by atoms with van der Waals surface area (Å²) in [7, 11) is -3.54. The standard InChI is InChI=1S/C27H37Cl2N3O4S/c1-6-21-9-12-23(13-10-21)32(37(5,35)36)15-7-8-26(33)31(20(4)27(34)30-17-19(2)3)18-22-11-14-24(28)25(29)16-22/h9-14,16,19-20H,6-8,15,17-18H2,1-5H3,(H,30,34)/t20-/m0/s1. The fourth-order valence-corrected chi connectivity index (χ4v) is 5.06. The zero-order valence-corrected chi connectivity index (χ0v) is 24.5. The van der Waals surface area contributed by atoms with Crippen molar-refractivity contribution < 1.29 is 18.0 Å². The van der Waals surface area contributed by atoms with E-state index in [9.17, 15) is 18.0 Å². The number of amides is 2. The average Bonchev–Trinajstić information content (AvgIpc) is 2.84. The summed E-state index contributed by atoms with van der Waals surface area (Å²) in [6.07, 6.45) is 2.37. The summed E-state index contributed by atoms with van der Waals surface area (Å²) in [5.41, 5.74) is 2.40. The van der Waals surface area contributed by atoms with Crippen LogP contribution >= 0.6 is 23.2 Å². The van der Waals surface area contributed by atoms with E-state index in [1.807, 2.05) is 32.9 Å². The molecule has 7 nitrogen and oxygen atoms in total. The number of hydrogen-bond donors (Lipinski definition) is 1. The van der Waals surface area contributed by atoms with Gasteiger partial charge < -0.3 is 10.2 Å². The number of carbonyl (C=O) groups is 2. The van der Waals surface area contributed by atoms with Gasteiger partial charge in [-0.05, 0) is 61.1 Å². The van der Waals surface area contributed by atoms with E-state index in [2.05, 4.69) is 5.32 Å². The number of hydrogen-bond acceptors (Lipinski definition) is 4. The molecular weight excluding hydrogens is 533 g/mol. The maximum absolute atomic E-state index is 13.4. The fraction of sp³-hybridized carbons (Fsp3) is 0.481. The molecule has 0 bridgehead atoms. The van der Waals surface area contributed by atoms with Crippen molar-refractivity contribution >= 4 is 50.7 Å². The van der Waals surface area contributed by atoms with Crippen LogP contribution in [-0.2, 0) is 32.6 Å². The van der Waals surface area contributed by atoms with Crippen LogP contribution in [0.15, 0.2) is 42.5 Å². The zero-order valence-electron chi connectivity index (χ0n) is 22.1. The third-order valence-electron chi connectivity index (χ3n) is 5.97. The predicted molar refractivity (Wildman–Crippen MR) is 152 cm³/mol. The molecule has 0 aromatic heterocycles. The monoisotopic (exact) mass is 569 g/mol. The molecule has 0 heterocycles. The maximum atomic E-state index is 13.4. The van der Waals surface area contributed by atoms with Crippen molar-refractivity contribution in [3.63, 3.8) is 0 Å². The lowest BCUT2D eigenvalue weighted by Gasteiger charge is -2.30. The van der Waals surface area contributed by atoms with Gasteiger partial charge in [-0.1, -0.05) is 62.2 Å². The summed E-state index contributed by atoms with van der Waals surface area (Å²) >= 11 is 12.2. The number of rotatable bonds is 13. The second kappa shape index (κ2) is 14.0. The van der Waals surface area contributed by atoms with Gasteiger partial charge >= 0.3 is 0 Å². The van der Waals surface area contributed by atoms with Crippen LogP contribution in [-0.4, -0.2) is 50.5 Å². The van der Waals surface area contributed by atoms with Crippen molar-refractivity contribution in [2.24, 2.45) is 5.92 Å². The molecule has 2 aromatic rings. The summed E-state index contributed by atoms with van der Waals surface area (Å²) in [4.78, 5) is 27.7. The topological polar surface area (TPSA) is 86.8 Å². The smallest absolute Gasteiger partial charge is 0.242 e. The predicted octanol–water partition coefficient (Wildman–Crippen LogP) is 5.29. The number of halogens is 2. The van der Waals surface area contributed by atoms with Crippen molar-refractivity contribution in [1.29, 1.82) is 0 Å². The molecule has 0 spiro atoms. The van der Waals surface area contributed by atoms with E-state index in [0.717, 1.165) is 23.8 Å². The highest BCUT2D eigenvalue weighted by Crippen LogP contribution is 2.24. The normalized spacial score (nSPS) is 12.3. The molecule has 0 saturated heterocycles. The summed E-state index contributed by atoms with van der Waals surface area (Å²) in [6, 6.07) is 11.7. The number of benzene rings is 2. The summed E-state index contributed by atoms with van der Waals surface area (Å²) in [5, 5.41) is 3.65. The quantitative estimate of drug-likeness (QED) is 0.355. The van der Waals surface area contributed by atoms with Gasteiger partial charge in [0.05, 0.1) is 22.0 Å². The number of anilines is 1. The Labute approximate surface area is 231 Å². The molecule has 1 atom stereocenters. The van der Waals surface area contributed by atoms with E-state index >= 15 is 0 Å². The second-order valence-electron chi connectivity index (χ2n) is 9.54. The van der Waals surface area contributed by atoms with E-state index in [4.69, 9.17) is 23.2 Å². The molecule has 0 aliphatic heterocycles. The van der Waals surface area contributed by atoms with Crippen LogP contribution in [0.4, 0.5) is 5.69 Å². The molecule has 0 unspecified atom stereocenters. The van der Waals surface area contributed by atoms with Gasteiger partial charge in [0.15, 0.2) is 0 Å². The van der Waals surface area contributed by atoms with Crippen LogP contribution in [0.25, 0.3) is 0 Å². The fourth-order valence-electron chi connectivity index (χ4n) is 3.77. The van der Waals surface area contributed by atoms with E-state index in [1.165, 1.54) is 9.21 Å². The van der Waals surface area contributed by atoms with Crippen molar-refractivity contribution in [3.8, 4) is 0 Å². The molecule has 0 saturated carbocycles. The van der Waals surface area contributed by atoms with Crippen LogP contribution in [0.1, 0.15) is 51.7 Å². The molecule has 0 aliphatic carbocycles. The van der Waals surface area contributed by atoms with Crippen molar-refractivity contribution in [3.05, 3.63) is 63.6 Å². The molecule has 0 radical (unpaired) electrons. The first-order chi connectivity index (χ1) is 17.3. The first kappa shape index (κ1) is 30.9. The third-order valence-corrected chi connectivity index (χ3v) is 7.91. The number of nitrogens with one attached hydrogen (secondary N) is 1. The van der Waals surface area contributed by atoms with Crippen molar-refractivity contribution in [2.75, 3.05) is 23.7 Å². The van der Waals surface area contributed by atoms with Gasteiger partial charge in [0.25, 0.3) is 0 Å². The molecule has 0 aliphatic rings. The Morgan fingerprint density at radius 2 is 1.59 bits per heavy atom. The molecule has 2 rings (SSSR count). The molecule has 10 heteroatoms. The number of aryl methyl sites for hydroxylation is 1. The number of nitrogens with zero attached hydrogens (tertiary/aromatic N) is 2. The molecule has 0 fully saturated rings. The first-order valence-corrected chi connectivity index (χ1v) is 15.0. The van der Waals surface area contributed by atoms with Gasteiger partial charge in [0.2, 0.25) is 21.8 Å². The first-order valence-electron chi connectivity index (χ1n) is 12.4. The Morgan fingerprint density at radius 3 is 2.14 bits per heavy atom. The highest BCUT2D eigenvalue weighted by atomic mass is 35.5. The third kappa shape index (κ3) is 9.51. The molecule has 37 heavy (non-hydrogen) atoms. The lowest BCUT2D eigenvalue weighted by atomic mass is 10.1. The summed E-state index contributed by atoms with van der Waals surface area (Å²) in [6.45, 7) is 8.51. The lowest BCUT2D eigenvalue weighted by Crippen LogP contribution is -2.48. The Kier molecular flexibility index (Phi) is 11.7. The van der Waals surface area contributed by atoms with Crippen LogP contribution in [0, 0.1) is 5.92 Å². The van der Waals surface area contributed by atoms with Gasteiger partial charge in [0, 0.05) is 26.1 Å². The Hall–Kier alpha value is -2.29. The van der Waals surface area contributed by atoms with Gasteiger partial charge in [-0.2, -0.15) is 0 Å². The highest BCUT2D eigenvalue weighted by molar-refractivity contribution is 7.92. The number of sulfonamides is 1. The Balaban J connectivity index is 2.18. The van der Waals surface area contributed by atoms with Crippen molar-refractivity contribution in [1.82, 2.24) is 10.2 Å². The minimum atomic E-state index is -3.54. The Bertz CT molecular complexity index is 1170. The SMILES string of the molecule is CCc1ccc(N(CCCC(=O)N(Cc2ccc(Cl)c(Cl)c2)[C@@H](C)C(=O)NCC(C)C)S(C)(=O)=O)cc1.